The van der Waals surface area contributed by atoms with Crippen molar-refractivity contribution >= 4 is 33.4 Å². The predicted octanol–water partition coefficient (Wildman–Crippen LogP) is 3.55. The van der Waals surface area contributed by atoms with Crippen LogP contribution in [0.1, 0.15) is 5.56 Å². The zero-order valence-electron chi connectivity index (χ0n) is 10.2. The summed E-state index contributed by atoms with van der Waals surface area (Å²) in [5, 5.41) is 6.62. The lowest BCUT2D eigenvalue weighted by atomic mass is 10.1. The van der Waals surface area contributed by atoms with Crippen molar-refractivity contribution in [2.24, 2.45) is 7.05 Å². The third kappa shape index (κ3) is 2.01. The smallest absolute Gasteiger partial charge is 0.0739 e. The van der Waals surface area contributed by atoms with E-state index >= 15 is 0 Å². The average Bonchev–Trinajstić information content (AvgIpc) is 2.75. The molecule has 90 valence electrons. The molecule has 2 aromatic heterocycles. The molecule has 0 amide bonds. The summed E-state index contributed by atoms with van der Waals surface area (Å²) in [6, 6.07) is 6.49. The van der Waals surface area contributed by atoms with Crippen molar-refractivity contribution in [2.45, 2.75) is 6.92 Å². The molecule has 0 N–H and O–H groups in total. The Hall–Kier alpha value is -1.43. The first-order valence-corrected chi connectivity index (χ1v) is 6.76. The second kappa shape index (κ2) is 4.35. The maximum atomic E-state index is 4.52. The van der Waals surface area contributed by atoms with Gasteiger partial charge in [-0.3, -0.25) is 9.67 Å². The van der Waals surface area contributed by atoms with Crippen LogP contribution in [0.5, 0.6) is 0 Å². The molecule has 0 unspecified atom stereocenters. The van der Waals surface area contributed by atoms with Crippen LogP contribution in [0.4, 0.5) is 0 Å². The van der Waals surface area contributed by atoms with Crippen molar-refractivity contribution < 1.29 is 0 Å². The van der Waals surface area contributed by atoms with Crippen LogP contribution in [0.2, 0.25) is 0 Å². The molecule has 0 saturated carbocycles. The third-order valence-electron chi connectivity index (χ3n) is 2.93. The Balaban J connectivity index is 2.22. The summed E-state index contributed by atoms with van der Waals surface area (Å²) in [4.78, 5) is 4.52. The number of halogens is 1. The first-order chi connectivity index (χ1) is 8.63. The Morgan fingerprint density at radius 2 is 2.00 bits per heavy atom. The number of hydrogen-bond acceptors (Lipinski definition) is 2. The first kappa shape index (κ1) is 11.6. The van der Waals surface area contributed by atoms with Crippen molar-refractivity contribution in [3.63, 3.8) is 0 Å². The molecule has 18 heavy (non-hydrogen) atoms. The van der Waals surface area contributed by atoms with Crippen molar-refractivity contribution in [1.82, 2.24) is 14.8 Å². The number of aryl methyl sites for hydroxylation is 2. The van der Waals surface area contributed by atoms with E-state index < -0.39 is 0 Å². The molecule has 0 bridgehead atoms. The zero-order chi connectivity index (χ0) is 12.7. The van der Waals surface area contributed by atoms with Crippen molar-refractivity contribution in [3.8, 4) is 11.3 Å². The Labute approximate surface area is 119 Å². The van der Waals surface area contributed by atoms with Gasteiger partial charge in [0.25, 0.3) is 0 Å². The third-order valence-corrected chi connectivity index (χ3v) is 3.82. The average molecular weight is 349 g/mol. The van der Waals surface area contributed by atoms with Gasteiger partial charge in [0.15, 0.2) is 0 Å². The molecule has 0 saturated heterocycles. The van der Waals surface area contributed by atoms with Gasteiger partial charge in [0.2, 0.25) is 0 Å². The maximum Gasteiger partial charge on any atom is 0.0739 e. The molecular weight excluding hydrogens is 337 g/mol. The Morgan fingerprint density at radius 1 is 1.17 bits per heavy atom. The van der Waals surface area contributed by atoms with Gasteiger partial charge in [-0.15, -0.1) is 0 Å². The van der Waals surface area contributed by atoms with E-state index in [4.69, 9.17) is 0 Å². The van der Waals surface area contributed by atoms with Crippen molar-refractivity contribution in [2.75, 3.05) is 0 Å². The fraction of sp³-hybridized carbons (Fsp3) is 0.143. The van der Waals surface area contributed by atoms with E-state index in [1.807, 2.05) is 25.6 Å². The topological polar surface area (TPSA) is 30.7 Å². The van der Waals surface area contributed by atoms with E-state index in [1.54, 1.807) is 4.68 Å². The molecule has 2 heterocycles. The van der Waals surface area contributed by atoms with Crippen LogP contribution in [0, 0.1) is 10.5 Å². The van der Waals surface area contributed by atoms with Gasteiger partial charge in [-0.05, 0) is 52.6 Å². The fourth-order valence-electron chi connectivity index (χ4n) is 2.07. The SMILES string of the molecule is Cc1cc(I)c2cnc(-c3cnn(C)c3)cc2c1. The minimum Gasteiger partial charge on any atom is -0.275 e. The van der Waals surface area contributed by atoms with Gasteiger partial charge >= 0.3 is 0 Å². The van der Waals surface area contributed by atoms with Crippen LogP contribution >= 0.6 is 22.6 Å². The predicted molar refractivity (Wildman–Crippen MR) is 81.4 cm³/mol. The van der Waals surface area contributed by atoms with Crippen LogP contribution in [0.15, 0.2) is 36.8 Å². The highest BCUT2D eigenvalue weighted by atomic mass is 127. The number of aromatic nitrogens is 3. The summed E-state index contributed by atoms with van der Waals surface area (Å²) >= 11 is 2.36. The molecule has 4 heteroatoms. The normalized spacial score (nSPS) is 11.1. The number of benzene rings is 1. The highest BCUT2D eigenvalue weighted by Crippen LogP contribution is 2.26. The summed E-state index contributed by atoms with van der Waals surface area (Å²) in [6.07, 6.45) is 5.77. The van der Waals surface area contributed by atoms with E-state index in [-0.39, 0.29) is 0 Å². The lowest BCUT2D eigenvalue weighted by molar-refractivity contribution is 0.768. The Bertz CT molecular complexity index is 731. The van der Waals surface area contributed by atoms with Crippen LogP contribution in [-0.4, -0.2) is 14.8 Å². The first-order valence-electron chi connectivity index (χ1n) is 5.68. The van der Waals surface area contributed by atoms with Gasteiger partial charge in [0.1, 0.15) is 0 Å². The van der Waals surface area contributed by atoms with Crippen LogP contribution in [0.25, 0.3) is 22.0 Å². The van der Waals surface area contributed by atoms with Crippen LogP contribution in [0.3, 0.4) is 0 Å². The number of pyridine rings is 1. The molecule has 3 aromatic rings. The van der Waals surface area contributed by atoms with Gasteiger partial charge in [-0.2, -0.15) is 5.10 Å². The molecule has 0 aliphatic heterocycles. The van der Waals surface area contributed by atoms with Gasteiger partial charge in [0, 0.05) is 34.0 Å². The van der Waals surface area contributed by atoms with Gasteiger partial charge < -0.3 is 0 Å². The van der Waals surface area contributed by atoms with Gasteiger partial charge in [-0.25, -0.2) is 0 Å². The standard InChI is InChI=1S/C14H12IN3/c1-9-3-10-5-14(11-6-17-18(2)8-11)16-7-12(10)13(15)4-9/h3-8H,1-2H3. The fourth-order valence-corrected chi connectivity index (χ4v) is 3.01. The number of nitrogens with zero attached hydrogens (tertiary/aromatic N) is 3. The number of rotatable bonds is 1. The minimum atomic E-state index is 0.969. The summed E-state index contributed by atoms with van der Waals surface area (Å²) < 4.78 is 3.04. The van der Waals surface area contributed by atoms with E-state index in [0.717, 1.165) is 11.3 Å². The molecular formula is C14H12IN3. The number of fused-ring (bicyclic) bond motifs is 1. The molecule has 3 rings (SSSR count). The Morgan fingerprint density at radius 3 is 2.72 bits per heavy atom. The molecule has 1 aromatic carbocycles. The summed E-state index contributed by atoms with van der Waals surface area (Å²) in [5.41, 5.74) is 3.29. The highest BCUT2D eigenvalue weighted by molar-refractivity contribution is 14.1. The summed E-state index contributed by atoms with van der Waals surface area (Å²) in [7, 11) is 1.91. The molecule has 3 nitrogen and oxygen atoms in total. The van der Waals surface area contributed by atoms with E-state index in [9.17, 15) is 0 Å². The largest absolute Gasteiger partial charge is 0.275 e. The van der Waals surface area contributed by atoms with Gasteiger partial charge in [-0.1, -0.05) is 6.07 Å². The van der Waals surface area contributed by atoms with E-state index in [1.165, 1.54) is 19.9 Å². The minimum absolute atomic E-state index is 0.969. The Kier molecular flexibility index (Phi) is 2.81. The van der Waals surface area contributed by atoms with Crippen molar-refractivity contribution in [3.05, 3.63) is 45.9 Å². The highest BCUT2D eigenvalue weighted by Gasteiger charge is 2.05. The lowest BCUT2D eigenvalue weighted by Gasteiger charge is -2.04. The van der Waals surface area contributed by atoms with E-state index in [2.05, 4.69) is 57.8 Å². The lowest BCUT2D eigenvalue weighted by Crippen LogP contribution is -1.87. The quantitative estimate of drug-likeness (QED) is 0.629. The molecule has 0 aliphatic carbocycles. The summed E-state index contributed by atoms with van der Waals surface area (Å²) in [5.74, 6) is 0. The summed E-state index contributed by atoms with van der Waals surface area (Å²) in [6.45, 7) is 2.12. The van der Waals surface area contributed by atoms with Crippen molar-refractivity contribution in [1.29, 1.82) is 0 Å². The number of hydrogen-bond donors (Lipinski definition) is 0. The van der Waals surface area contributed by atoms with E-state index in [0.29, 0.717) is 0 Å². The second-order valence-electron chi connectivity index (χ2n) is 4.44. The maximum absolute atomic E-state index is 4.52. The zero-order valence-corrected chi connectivity index (χ0v) is 12.3. The molecule has 0 atom stereocenters. The molecule has 0 spiro atoms. The van der Waals surface area contributed by atoms with Crippen LogP contribution in [-0.2, 0) is 7.05 Å². The molecule has 0 radical (unpaired) electrons. The molecule has 0 fully saturated rings. The molecule has 0 aliphatic rings. The van der Waals surface area contributed by atoms with Crippen LogP contribution < -0.4 is 0 Å². The van der Waals surface area contributed by atoms with Gasteiger partial charge in [0.05, 0.1) is 11.9 Å². The second-order valence-corrected chi connectivity index (χ2v) is 5.60. The monoisotopic (exact) mass is 349 g/mol.